The monoisotopic (exact) mass is 167 g/mol. The number of nitrogens with two attached hydrogens (primary N) is 1. The topological polar surface area (TPSA) is 35.2 Å². The SMILES string of the molecule is C[Si](C)(CCCN)OCl. The van der Waals surface area contributed by atoms with Gasteiger partial charge in [0.1, 0.15) is 0 Å². The Morgan fingerprint density at radius 3 is 2.44 bits per heavy atom. The van der Waals surface area contributed by atoms with Gasteiger partial charge >= 0.3 is 0 Å². The summed E-state index contributed by atoms with van der Waals surface area (Å²) in [4.78, 5) is 0. The zero-order chi connectivity index (χ0) is 7.33. The number of hydrogen-bond acceptors (Lipinski definition) is 2. The lowest BCUT2D eigenvalue weighted by Gasteiger charge is -2.15. The van der Waals surface area contributed by atoms with Crippen molar-refractivity contribution in [3.63, 3.8) is 0 Å². The van der Waals surface area contributed by atoms with Crippen LogP contribution in [0, 0.1) is 0 Å². The third kappa shape index (κ3) is 4.90. The highest BCUT2D eigenvalue weighted by molar-refractivity contribution is 6.74. The minimum absolute atomic E-state index is 0.733. The second-order valence-electron chi connectivity index (χ2n) is 2.73. The van der Waals surface area contributed by atoms with Crippen LogP contribution in [0.25, 0.3) is 0 Å². The highest BCUT2D eigenvalue weighted by Crippen LogP contribution is 2.13. The highest BCUT2D eigenvalue weighted by atomic mass is 35.5. The predicted octanol–water partition coefficient (Wildman–Crippen LogP) is 1.71. The Bertz CT molecular complexity index is 79.4. The van der Waals surface area contributed by atoms with E-state index in [1.54, 1.807) is 0 Å². The van der Waals surface area contributed by atoms with Crippen molar-refractivity contribution in [3.8, 4) is 0 Å². The van der Waals surface area contributed by atoms with Crippen LogP contribution in [-0.2, 0) is 3.98 Å². The molecule has 0 saturated heterocycles. The second kappa shape index (κ2) is 4.28. The summed E-state index contributed by atoms with van der Waals surface area (Å²) in [6, 6.07) is 1.05. The first-order valence-electron chi connectivity index (χ1n) is 3.12. The third-order valence-electron chi connectivity index (χ3n) is 1.19. The van der Waals surface area contributed by atoms with Gasteiger partial charge in [0, 0.05) is 11.9 Å². The molecule has 0 saturated carbocycles. The first-order chi connectivity index (χ1) is 4.12. The third-order valence-corrected chi connectivity index (χ3v) is 4.42. The summed E-state index contributed by atoms with van der Waals surface area (Å²) in [6.45, 7) is 4.89. The predicted molar refractivity (Wildman–Crippen MR) is 42.9 cm³/mol. The maximum absolute atomic E-state index is 5.31. The summed E-state index contributed by atoms with van der Waals surface area (Å²) in [5.41, 5.74) is 5.31. The lowest BCUT2D eigenvalue weighted by atomic mass is 10.5. The molecule has 0 fully saturated rings. The molecule has 0 aromatic carbocycles. The van der Waals surface area contributed by atoms with Crippen LogP contribution in [-0.4, -0.2) is 14.9 Å². The Labute approximate surface area is 62.6 Å². The van der Waals surface area contributed by atoms with E-state index in [-0.39, 0.29) is 0 Å². The Morgan fingerprint density at radius 1 is 1.56 bits per heavy atom. The van der Waals surface area contributed by atoms with Crippen LogP contribution < -0.4 is 5.73 Å². The van der Waals surface area contributed by atoms with Crippen LogP contribution in [0.15, 0.2) is 0 Å². The first kappa shape index (κ1) is 9.43. The Balaban J connectivity index is 3.33. The molecule has 0 amide bonds. The average molecular weight is 168 g/mol. The molecule has 0 heterocycles. The lowest BCUT2D eigenvalue weighted by molar-refractivity contribution is 0.603. The molecule has 0 aliphatic rings. The lowest BCUT2D eigenvalue weighted by Crippen LogP contribution is -2.26. The summed E-state index contributed by atoms with van der Waals surface area (Å²) in [5.74, 6) is 0. The van der Waals surface area contributed by atoms with Crippen molar-refractivity contribution in [1.29, 1.82) is 0 Å². The van der Waals surface area contributed by atoms with Crippen LogP contribution in [0.3, 0.4) is 0 Å². The normalized spacial score (nSPS) is 12.0. The van der Waals surface area contributed by atoms with Gasteiger partial charge in [-0.2, -0.15) is 0 Å². The minimum Gasteiger partial charge on any atom is -0.330 e. The Hall–Kier alpha value is 0.427. The van der Waals surface area contributed by atoms with E-state index in [0.29, 0.717) is 0 Å². The van der Waals surface area contributed by atoms with Crippen molar-refractivity contribution in [2.45, 2.75) is 25.6 Å². The molecular formula is C5H14ClNOSi. The van der Waals surface area contributed by atoms with Gasteiger partial charge in [-0.3, -0.25) is 0 Å². The fourth-order valence-corrected chi connectivity index (χ4v) is 1.93. The summed E-state index contributed by atoms with van der Waals surface area (Å²) in [7, 11) is -1.51. The standard InChI is InChI=1S/C5H14ClNOSi/c1-9(2,8-6)5-3-4-7/h3-5,7H2,1-2H3. The second-order valence-corrected chi connectivity index (χ2v) is 7.37. The fourth-order valence-electron chi connectivity index (χ4n) is 0.566. The molecule has 0 radical (unpaired) electrons. The van der Waals surface area contributed by atoms with Crippen LogP contribution >= 0.6 is 11.9 Å². The largest absolute Gasteiger partial charge is 0.330 e. The molecule has 0 spiro atoms. The summed E-state index contributed by atoms with van der Waals surface area (Å²) in [6.07, 6.45) is 1.02. The summed E-state index contributed by atoms with van der Waals surface area (Å²) in [5, 5.41) is 0. The summed E-state index contributed by atoms with van der Waals surface area (Å²) < 4.78 is 4.80. The molecule has 56 valence electrons. The van der Waals surface area contributed by atoms with Crippen molar-refractivity contribution >= 4 is 20.2 Å². The van der Waals surface area contributed by atoms with Gasteiger partial charge in [-0.1, -0.05) is 0 Å². The van der Waals surface area contributed by atoms with Gasteiger partial charge in [-0.05, 0) is 32.1 Å². The maximum atomic E-state index is 5.31. The molecule has 0 aromatic rings. The van der Waals surface area contributed by atoms with Crippen molar-refractivity contribution in [2.24, 2.45) is 5.73 Å². The van der Waals surface area contributed by atoms with Gasteiger partial charge in [-0.15, -0.1) is 0 Å². The van der Waals surface area contributed by atoms with Crippen LogP contribution in [0.2, 0.25) is 19.1 Å². The molecule has 0 rings (SSSR count). The van der Waals surface area contributed by atoms with Crippen LogP contribution in [0.1, 0.15) is 6.42 Å². The molecule has 9 heavy (non-hydrogen) atoms. The van der Waals surface area contributed by atoms with E-state index in [0.717, 1.165) is 19.0 Å². The van der Waals surface area contributed by atoms with Crippen molar-refractivity contribution < 1.29 is 3.98 Å². The fraction of sp³-hybridized carbons (Fsp3) is 1.00. The maximum Gasteiger partial charge on any atom is 0.214 e. The molecule has 0 atom stereocenters. The molecular weight excluding hydrogens is 154 g/mol. The van der Waals surface area contributed by atoms with E-state index in [1.165, 1.54) is 0 Å². The Kier molecular flexibility index (Phi) is 4.48. The average Bonchev–Trinajstić information content (AvgIpc) is 1.84. The molecule has 2 nitrogen and oxygen atoms in total. The van der Waals surface area contributed by atoms with Gasteiger partial charge in [0.2, 0.25) is 8.32 Å². The van der Waals surface area contributed by atoms with Gasteiger partial charge in [0.05, 0.1) is 0 Å². The molecule has 0 bridgehead atoms. The van der Waals surface area contributed by atoms with Crippen LogP contribution in [0.5, 0.6) is 0 Å². The van der Waals surface area contributed by atoms with E-state index < -0.39 is 8.32 Å². The van der Waals surface area contributed by atoms with E-state index >= 15 is 0 Å². The van der Waals surface area contributed by atoms with Crippen LogP contribution in [0.4, 0.5) is 0 Å². The van der Waals surface area contributed by atoms with Gasteiger partial charge in [-0.25, -0.2) is 0 Å². The molecule has 0 unspecified atom stereocenters. The van der Waals surface area contributed by atoms with E-state index in [4.69, 9.17) is 21.6 Å². The molecule has 4 heteroatoms. The van der Waals surface area contributed by atoms with E-state index in [1.807, 2.05) is 0 Å². The number of halogens is 1. The van der Waals surface area contributed by atoms with Crippen molar-refractivity contribution in [2.75, 3.05) is 6.54 Å². The molecule has 2 N–H and O–H groups in total. The van der Waals surface area contributed by atoms with Gasteiger partial charge < -0.3 is 9.71 Å². The van der Waals surface area contributed by atoms with E-state index in [2.05, 4.69) is 13.1 Å². The minimum atomic E-state index is -1.51. The number of rotatable bonds is 4. The Morgan fingerprint density at radius 2 is 2.11 bits per heavy atom. The quantitative estimate of drug-likeness (QED) is 0.648. The molecule has 0 aliphatic carbocycles. The zero-order valence-electron chi connectivity index (χ0n) is 5.98. The zero-order valence-corrected chi connectivity index (χ0v) is 7.74. The van der Waals surface area contributed by atoms with Crippen molar-refractivity contribution in [1.82, 2.24) is 0 Å². The smallest absolute Gasteiger partial charge is 0.214 e. The first-order valence-corrected chi connectivity index (χ1v) is 6.54. The van der Waals surface area contributed by atoms with Gasteiger partial charge in [0.15, 0.2) is 0 Å². The molecule has 0 aromatic heterocycles. The number of hydrogen-bond donors (Lipinski definition) is 1. The highest BCUT2D eigenvalue weighted by Gasteiger charge is 2.20. The summed E-state index contributed by atoms with van der Waals surface area (Å²) >= 11 is 5.25. The van der Waals surface area contributed by atoms with Gasteiger partial charge in [0.25, 0.3) is 0 Å². The van der Waals surface area contributed by atoms with Crippen molar-refractivity contribution in [3.05, 3.63) is 0 Å². The molecule has 0 aliphatic heterocycles. The van der Waals surface area contributed by atoms with E-state index in [9.17, 15) is 0 Å².